The predicted octanol–water partition coefficient (Wildman–Crippen LogP) is 4.80. The van der Waals surface area contributed by atoms with Gasteiger partial charge in [-0.2, -0.15) is 4.98 Å². The third kappa shape index (κ3) is 5.53. The lowest BCUT2D eigenvalue weighted by atomic mass is 10.1. The van der Waals surface area contributed by atoms with Crippen LogP contribution in [0.5, 0.6) is 5.75 Å². The lowest BCUT2D eigenvalue weighted by Crippen LogP contribution is -2.40. The van der Waals surface area contributed by atoms with Crippen LogP contribution < -0.4 is 15.4 Å². The number of anilines is 4. The molecule has 33 heavy (non-hydrogen) atoms. The van der Waals surface area contributed by atoms with Crippen LogP contribution in [0.3, 0.4) is 0 Å². The summed E-state index contributed by atoms with van der Waals surface area (Å²) in [6.45, 7) is 6.61. The Labute approximate surface area is 197 Å². The van der Waals surface area contributed by atoms with Gasteiger partial charge in [0.1, 0.15) is 10.8 Å². The Kier molecular flexibility index (Phi) is 7.26. The number of aryl methyl sites for hydroxylation is 1. The van der Waals surface area contributed by atoms with Crippen LogP contribution in [0, 0.1) is 6.92 Å². The zero-order valence-corrected chi connectivity index (χ0v) is 19.4. The fourth-order valence-corrected chi connectivity index (χ4v) is 3.60. The highest BCUT2D eigenvalue weighted by atomic mass is 35.5. The van der Waals surface area contributed by atoms with Gasteiger partial charge in [-0.1, -0.05) is 29.8 Å². The van der Waals surface area contributed by atoms with Gasteiger partial charge in [-0.3, -0.25) is 4.79 Å². The van der Waals surface area contributed by atoms with E-state index >= 15 is 0 Å². The van der Waals surface area contributed by atoms with Crippen molar-refractivity contribution in [3.63, 3.8) is 0 Å². The van der Waals surface area contributed by atoms with Crippen molar-refractivity contribution >= 4 is 40.6 Å². The van der Waals surface area contributed by atoms with Gasteiger partial charge >= 0.3 is 0 Å². The number of carbonyl (C=O) groups excluding carboxylic acids is 1. The van der Waals surface area contributed by atoms with Crippen molar-refractivity contribution in [1.82, 2.24) is 14.9 Å². The van der Waals surface area contributed by atoms with Gasteiger partial charge in [-0.25, -0.2) is 4.98 Å². The molecule has 2 aromatic carbocycles. The van der Waals surface area contributed by atoms with E-state index in [-0.39, 0.29) is 5.91 Å². The van der Waals surface area contributed by atoms with Crippen molar-refractivity contribution in [1.29, 1.82) is 0 Å². The Morgan fingerprint density at radius 1 is 1.15 bits per heavy atom. The first-order valence-corrected chi connectivity index (χ1v) is 11.2. The van der Waals surface area contributed by atoms with Crippen molar-refractivity contribution in [2.75, 3.05) is 43.5 Å². The highest BCUT2D eigenvalue weighted by Gasteiger charge is 2.20. The molecule has 172 valence electrons. The van der Waals surface area contributed by atoms with Crippen molar-refractivity contribution in [3.8, 4) is 5.75 Å². The molecule has 9 heteroatoms. The van der Waals surface area contributed by atoms with Crippen LogP contribution in [0.2, 0.25) is 5.02 Å². The second-order valence-electron chi connectivity index (χ2n) is 7.50. The van der Waals surface area contributed by atoms with Crippen LogP contribution in [0.1, 0.15) is 22.8 Å². The molecule has 1 amide bonds. The second-order valence-corrected chi connectivity index (χ2v) is 7.91. The lowest BCUT2D eigenvalue weighted by Gasteiger charge is -2.27. The number of ether oxygens (including phenoxy) is 2. The van der Waals surface area contributed by atoms with E-state index in [1.165, 1.54) is 6.20 Å². The van der Waals surface area contributed by atoms with E-state index in [1.807, 2.05) is 38.1 Å². The summed E-state index contributed by atoms with van der Waals surface area (Å²) in [6.07, 6.45) is 1.54. The first kappa shape index (κ1) is 22.8. The molecule has 1 aliphatic rings. The number of nitrogens with zero attached hydrogens (tertiary/aromatic N) is 3. The number of para-hydroxylation sites is 1. The minimum absolute atomic E-state index is 0.0433. The molecule has 1 fully saturated rings. The molecule has 0 saturated carbocycles. The van der Waals surface area contributed by atoms with Gasteiger partial charge in [0.15, 0.2) is 5.82 Å². The van der Waals surface area contributed by atoms with Crippen molar-refractivity contribution in [2.24, 2.45) is 0 Å². The molecule has 0 bridgehead atoms. The van der Waals surface area contributed by atoms with Crippen LogP contribution in [0.25, 0.3) is 0 Å². The summed E-state index contributed by atoms with van der Waals surface area (Å²) in [4.78, 5) is 23.5. The number of carbonyl (C=O) groups is 1. The van der Waals surface area contributed by atoms with Crippen LogP contribution in [0.4, 0.5) is 23.1 Å². The van der Waals surface area contributed by atoms with Crippen molar-refractivity contribution in [3.05, 3.63) is 64.8 Å². The SMILES string of the molecule is CCOc1cc(C(=O)N2CCOCC2)ccc1Nc1ncc(Cl)c(Nc2ccccc2C)n1. The molecule has 1 aliphatic heterocycles. The fraction of sp³-hybridized carbons (Fsp3) is 0.292. The number of halogens is 1. The van der Waals surface area contributed by atoms with Gasteiger partial charge in [-0.05, 0) is 43.7 Å². The smallest absolute Gasteiger partial charge is 0.254 e. The molecule has 0 aliphatic carbocycles. The van der Waals surface area contributed by atoms with E-state index in [2.05, 4.69) is 20.6 Å². The molecule has 2 heterocycles. The number of hydrogen-bond acceptors (Lipinski definition) is 7. The average molecular weight is 468 g/mol. The Hall–Kier alpha value is -3.36. The van der Waals surface area contributed by atoms with E-state index in [4.69, 9.17) is 21.1 Å². The number of amides is 1. The summed E-state index contributed by atoms with van der Waals surface area (Å²) in [7, 11) is 0. The second kappa shape index (κ2) is 10.5. The Morgan fingerprint density at radius 2 is 1.94 bits per heavy atom. The minimum atomic E-state index is -0.0433. The summed E-state index contributed by atoms with van der Waals surface area (Å²) in [5.41, 5.74) is 3.19. The molecule has 0 spiro atoms. The zero-order valence-electron chi connectivity index (χ0n) is 18.6. The first-order chi connectivity index (χ1) is 16.0. The van der Waals surface area contributed by atoms with Gasteiger partial charge < -0.3 is 25.0 Å². The van der Waals surface area contributed by atoms with Crippen molar-refractivity contribution in [2.45, 2.75) is 13.8 Å². The number of hydrogen-bond donors (Lipinski definition) is 2. The summed E-state index contributed by atoms with van der Waals surface area (Å²) >= 11 is 6.32. The van der Waals surface area contributed by atoms with Crippen molar-refractivity contribution < 1.29 is 14.3 Å². The molecule has 3 aromatic rings. The normalized spacial score (nSPS) is 13.5. The molecule has 2 N–H and O–H groups in total. The highest BCUT2D eigenvalue weighted by molar-refractivity contribution is 6.32. The highest BCUT2D eigenvalue weighted by Crippen LogP contribution is 2.31. The van der Waals surface area contributed by atoms with E-state index in [0.717, 1.165) is 11.3 Å². The van der Waals surface area contributed by atoms with E-state index < -0.39 is 0 Å². The molecule has 0 radical (unpaired) electrons. The average Bonchev–Trinajstić information content (AvgIpc) is 2.84. The maximum Gasteiger partial charge on any atom is 0.254 e. The maximum absolute atomic E-state index is 12.9. The number of aromatic nitrogens is 2. The third-order valence-corrected chi connectivity index (χ3v) is 5.49. The maximum atomic E-state index is 12.9. The molecule has 4 rings (SSSR count). The van der Waals surface area contributed by atoms with E-state index in [0.29, 0.717) is 66.7 Å². The van der Waals surface area contributed by atoms with E-state index in [9.17, 15) is 4.79 Å². The van der Waals surface area contributed by atoms with Crippen LogP contribution in [0.15, 0.2) is 48.7 Å². The summed E-state index contributed by atoms with van der Waals surface area (Å²) < 4.78 is 11.1. The number of benzene rings is 2. The molecule has 8 nitrogen and oxygen atoms in total. The van der Waals surface area contributed by atoms with E-state index in [1.54, 1.807) is 23.1 Å². The molecule has 0 unspecified atom stereocenters. The van der Waals surface area contributed by atoms with Crippen LogP contribution in [-0.4, -0.2) is 53.7 Å². The molecule has 1 aromatic heterocycles. The topological polar surface area (TPSA) is 88.6 Å². The summed E-state index contributed by atoms with van der Waals surface area (Å²) in [5.74, 6) is 1.34. The fourth-order valence-electron chi connectivity index (χ4n) is 3.46. The Bertz CT molecular complexity index is 1130. The summed E-state index contributed by atoms with van der Waals surface area (Å²) in [5, 5.41) is 6.84. The molecular weight excluding hydrogens is 442 g/mol. The zero-order chi connectivity index (χ0) is 23.2. The van der Waals surface area contributed by atoms with Gasteiger partial charge in [0, 0.05) is 24.3 Å². The van der Waals surface area contributed by atoms with Crippen LogP contribution >= 0.6 is 11.6 Å². The number of nitrogens with one attached hydrogen (secondary N) is 2. The number of rotatable bonds is 7. The predicted molar refractivity (Wildman–Crippen MR) is 129 cm³/mol. The monoisotopic (exact) mass is 467 g/mol. The summed E-state index contributed by atoms with van der Waals surface area (Å²) in [6, 6.07) is 13.2. The van der Waals surface area contributed by atoms with Gasteiger partial charge in [0.2, 0.25) is 5.95 Å². The third-order valence-electron chi connectivity index (χ3n) is 5.22. The molecule has 1 saturated heterocycles. The van der Waals surface area contributed by atoms with Crippen LogP contribution in [-0.2, 0) is 4.74 Å². The standard InChI is InChI=1S/C24H26ClN5O3/c1-3-33-21-14-17(23(31)30-10-12-32-13-11-30)8-9-20(21)28-24-26-15-18(25)22(29-24)27-19-7-5-4-6-16(19)2/h4-9,14-15H,3,10-13H2,1-2H3,(H2,26,27,28,29). The largest absolute Gasteiger partial charge is 0.492 e. The van der Waals surface area contributed by atoms with Gasteiger partial charge in [0.25, 0.3) is 5.91 Å². The lowest BCUT2D eigenvalue weighted by molar-refractivity contribution is 0.0302. The quantitative estimate of drug-likeness (QED) is 0.516. The number of morpholine rings is 1. The minimum Gasteiger partial charge on any atom is -0.492 e. The van der Waals surface area contributed by atoms with Gasteiger partial charge in [-0.15, -0.1) is 0 Å². The Morgan fingerprint density at radius 3 is 2.70 bits per heavy atom. The molecule has 0 atom stereocenters. The first-order valence-electron chi connectivity index (χ1n) is 10.8. The Balaban J connectivity index is 1.56. The van der Waals surface area contributed by atoms with Gasteiger partial charge in [0.05, 0.1) is 31.7 Å². The molecular formula is C24H26ClN5O3.